The van der Waals surface area contributed by atoms with E-state index in [1.165, 1.54) is 38.4 Å². The maximum absolute atomic E-state index is 14.1. The molecule has 0 aliphatic carbocycles. The van der Waals surface area contributed by atoms with Crippen LogP contribution < -0.4 is 14.2 Å². The van der Waals surface area contributed by atoms with Crippen LogP contribution in [0.15, 0.2) is 22.1 Å². The van der Waals surface area contributed by atoms with Crippen LogP contribution in [0.25, 0.3) is 0 Å². The lowest BCUT2D eigenvalue weighted by atomic mass is 10.1. The van der Waals surface area contributed by atoms with Crippen LogP contribution in [0.5, 0.6) is 17.2 Å². The van der Waals surface area contributed by atoms with E-state index in [4.69, 9.17) is 18.9 Å². The highest BCUT2D eigenvalue weighted by molar-refractivity contribution is 6.06. The normalized spacial score (nSPS) is 18.4. The van der Waals surface area contributed by atoms with Crippen molar-refractivity contribution in [3.63, 3.8) is 0 Å². The first kappa shape index (κ1) is 24.1. The zero-order chi connectivity index (χ0) is 23.4. The molecule has 12 heteroatoms. The summed E-state index contributed by atoms with van der Waals surface area (Å²) in [5, 5.41) is 0. The molecule has 172 valence electrons. The zero-order valence-corrected chi connectivity index (χ0v) is 18.0. The summed E-state index contributed by atoms with van der Waals surface area (Å²) < 4.78 is 68.1. The number of halogens is 3. The second kappa shape index (κ2) is 9.31. The van der Waals surface area contributed by atoms with Gasteiger partial charge in [0.25, 0.3) is 6.02 Å². The number of esters is 1. The minimum atomic E-state index is -5.20. The van der Waals surface area contributed by atoms with Crippen molar-refractivity contribution in [2.75, 3.05) is 41.5 Å². The molecule has 0 N–H and O–H groups in total. The van der Waals surface area contributed by atoms with Gasteiger partial charge < -0.3 is 28.6 Å². The smallest absolute Gasteiger partial charge is 0.446 e. The average molecular weight is 447 g/mol. The van der Waals surface area contributed by atoms with Crippen LogP contribution in [0, 0.1) is 0 Å². The van der Waals surface area contributed by atoms with Gasteiger partial charge >= 0.3 is 17.8 Å². The van der Waals surface area contributed by atoms with Gasteiger partial charge in [-0.25, -0.2) is 4.79 Å². The molecule has 1 aromatic carbocycles. The molecule has 0 amide bonds. The van der Waals surface area contributed by atoms with Crippen LogP contribution in [0.3, 0.4) is 0 Å². The summed E-state index contributed by atoms with van der Waals surface area (Å²) in [7, 11) is 4.90. The highest BCUT2D eigenvalue weighted by Crippen LogP contribution is 2.42. The molecule has 0 saturated carbocycles. The van der Waals surface area contributed by atoms with Crippen molar-refractivity contribution in [3.8, 4) is 17.2 Å². The SMILES string of the molecule is CCN(CC)C1=NC(C(=O)OC)(C(F)(F)F)N=C(c2cc(OC)c(OC)c(OC)c2)O1. The molecular weight excluding hydrogens is 423 g/mol. The number of hydrogen-bond donors (Lipinski definition) is 0. The molecule has 9 nitrogen and oxygen atoms in total. The predicted octanol–water partition coefficient (Wildman–Crippen LogP) is 2.62. The Balaban J connectivity index is 2.80. The minimum Gasteiger partial charge on any atom is -0.493 e. The van der Waals surface area contributed by atoms with Crippen molar-refractivity contribution < 1.29 is 41.7 Å². The van der Waals surface area contributed by atoms with Gasteiger partial charge in [-0.05, 0) is 26.0 Å². The molecular formula is C19H24F3N3O6. The lowest BCUT2D eigenvalue weighted by Crippen LogP contribution is -2.54. The van der Waals surface area contributed by atoms with Gasteiger partial charge in [0.2, 0.25) is 11.6 Å². The fraction of sp³-hybridized carbons (Fsp3) is 0.526. The number of alkyl halides is 3. The van der Waals surface area contributed by atoms with E-state index in [2.05, 4.69) is 14.7 Å². The number of carbonyl (C=O) groups excluding carboxylic acids is 1. The number of methoxy groups -OCH3 is 4. The standard InChI is InChI=1S/C19H24F3N3O6/c1-7-25(8-2)17-24-18(16(26)30-6,19(20,21)22)23-15(31-17)11-9-12(27-3)14(29-5)13(10-11)28-4/h9-10H,7-8H2,1-6H3. The third-order valence-electron chi connectivity index (χ3n) is 4.52. The first-order valence-corrected chi connectivity index (χ1v) is 9.20. The number of hydrogen-bond acceptors (Lipinski definition) is 9. The van der Waals surface area contributed by atoms with E-state index in [1.54, 1.807) is 13.8 Å². The van der Waals surface area contributed by atoms with Crippen LogP contribution in [-0.4, -0.2) is 76.2 Å². The second-order valence-corrected chi connectivity index (χ2v) is 6.16. The first-order valence-electron chi connectivity index (χ1n) is 9.20. The maximum Gasteiger partial charge on any atom is 0.446 e. The number of nitrogens with zero attached hydrogens (tertiary/aromatic N) is 3. The summed E-state index contributed by atoms with van der Waals surface area (Å²) in [6.45, 7) is 3.95. The summed E-state index contributed by atoms with van der Waals surface area (Å²) in [5.74, 6) is -1.67. The van der Waals surface area contributed by atoms with E-state index in [-0.39, 0.29) is 35.9 Å². The minimum absolute atomic E-state index is 0.0478. The first-order chi connectivity index (χ1) is 14.6. The van der Waals surface area contributed by atoms with Crippen LogP contribution in [0.1, 0.15) is 19.4 Å². The summed E-state index contributed by atoms with van der Waals surface area (Å²) in [6, 6.07) is 2.28. The van der Waals surface area contributed by atoms with Crippen molar-refractivity contribution in [1.82, 2.24) is 4.90 Å². The van der Waals surface area contributed by atoms with Crippen molar-refractivity contribution in [2.24, 2.45) is 9.98 Å². The number of aliphatic imine (C=N–C) groups is 2. The van der Waals surface area contributed by atoms with E-state index in [0.717, 1.165) is 7.11 Å². The van der Waals surface area contributed by atoms with Gasteiger partial charge in [0.05, 0.1) is 28.4 Å². The Hall–Kier alpha value is -3.18. The second-order valence-electron chi connectivity index (χ2n) is 6.16. The van der Waals surface area contributed by atoms with Crippen LogP contribution in [0.2, 0.25) is 0 Å². The molecule has 0 saturated heterocycles. The van der Waals surface area contributed by atoms with Crippen LogP contribution >= 0.6 is 0 Å². The van der Waals surface area contributed by atoms with E-state index < -0.39 is 29.7 Å². The summed E-state index contributed by atoms with van der Waals surface area (Å²) in [5.41, 5.74) is -3.49. The number of benzene rings is 1. The lowest BCUT2D eigenvalue weighted by Gasteiger charge is -2.33. The third-order valence-corrected chi connectivity index (χ3v) is 4.52. The summed E-state index contributed by atoms with van der Waals surface area (Å²) in [6.07, 6.45) is -5.20. The van der Waals surface area contributed by atoms with Gasteiger partial charge in [-0.2, -0.15) is 23.2 Å². The third kappa shape index (κ3) is 4.32. The molecule has 31 heavy (non-hydrogen) atoms. The molecule has 0 bridgehead atoms. The molecule has 0 fully saturated rings. The maximum atomic E-state index is 14.1. The molecule has 1 aliphatic rings. The van der Waals surface area contributed by atoms with E-state index >= 15 is 0 Å². The molecule has 0 spiro atoms. The molecule has 1 unspecified atom stereocenters. The summed E-state index contributed by atoms with van der Waals surface area (Å²) >= 11 is 0. The molecule has 1 atom stereocenters. The van der Waals surface area contributed by atoms with Crippen LogP contribution in [-0.2, 0) is 14.3 Å². The Kier molecular flexibility index (Phi) is 7.24. The largest absolute Gasteiger partial charge is 0.493 e. The van der Waals surface area contributed by atoms with Gasteiger partial charge in [-0.3, -0.25) is 0 Å². The Bertz CT molecular complexity index is 858. The van der Waals surface area contributed by atoms with E-state index in [0.29, 0.717) is 0 Å². The Morgan fingerprint density at radius 1 is 1.03 bits per heavy atom. The Morgan fingerprint density at radius 2 is 1.58 bits per heavy atom. The average Bonchev–Trinajstić information content (AvgIpc) is 2.77. The highest BCUT2D eigenvalue weighted by Gasteiger charge is 2.65. The summed E-state index contributed by atoms with van der Waals surface area (Å²) in [4.78, 5) is 20.8. The molecule has 1 aromatic rings. The molecule has 1 aliphatic heterocycles. The van der Waals surface area contributed by atoms with E-state index in [1.807, 2.05) is 0 Å². The quantitative estimate of drug-likeness (QED) is 0.594. The number of amidine groups is 1. The topological polar surface area (TPSA) is 91.2 Å². The van der Waals surface area contributed by atoms with Gasteiger partial charge in [0, 0.05) is 18.7 Å². The number of carbonyl (C=O) groups is 1. The van der Waals surface area contributed by atoms with Crippen molar-refractivity contribution >= 4 is 17.9 Å². The van der Waals surface area contributed by atoms with Gasteiger partial charge in [-0.1, -0.05) is 0 Å². The molecule has 0 aromatic heterocycles. The van der Waals surface area contributed by atoms with Gasteiger partial charge in [0.1, 0.15) is 0 Å². The zero-order valence-electron chi connectivity index (χ0n) is 18.0. The van der Waals surface area contributed by atoms with Gasteiger partial charge in [-0.15, -0.1) is 0 Å². The van der Waals surface area contributed by atoms with Crippen LogP contribution in [0.4, 0.5) is 13.2 Å². The lowest BCUT2D eigenvalue weighted by molar-refractivity contribution is -0.202. The highest BCUT2D eigenvalue weighted by atomic mass is 19.4. The Morgan fingerprint density at radius 3 is 1.97 bits per heavy atom. The number of rotatable bonds is 7. The van der Waals surface area contributed by atoms with E-state index in [9.17, 15) is 18.0 Å². The van der Waals surface area contributed by atoms with Gasteiger partial charge in [0.15, 0.2) is 11.5 Å². The fourth-order valence-corrected chi connectivity index (χ4v) is 2.88. The fourth-order valence-electron chi connectivity index (χ4n) is 2.88. The van der Waals surface area contributed by atoms with Crippen molar-refractivity contribution in [3.05, 3.63) is 17.7 Å². The van der Waals surface area contributed by atoms with Crippen molar-refractivity contribution in [1.29, 1.82) is 0 Å². The molecule has 0 radical (unpaired) electrons. The molecule has 1 heterocycles. The Labute approximate surface area is 177 Å². The monoisotopic (exact) mass is 447 g/mol. The molecule has 2 rings (SSSR count). The van der Waals surface area contributed by atoms with Crippen molar-refractivity contribution in [2.45, 2.75) is 25.7 Å². The number of ether oxygens (including phenoxy) is 5. The predicted molar refractivity (Wildman–Crippen MR) is 105 cm³/mol.